The number of amides is 2. The van der Waals surface area contributed by atoms with Gasteiger partial charge in [0.15, 0.2) is 0 Å². The summed E-state index contributed by atoms with van der Waals surface area (Å²) in [6, 6.07) is 0.355. The number of rotatable bonds is 32. The summed E-state index contributed by atoms with van der Waals surface area (Å²) in [5.41, 5.74) is 0. The molecule has 0 atom stereocenters. The van der Waals surface area contributed by atoms with Crippen molar-refractivity contribution in [2.75, 3.05) is 26.2 Å². The average Bonchev–Trinajstić information content (AvgIpc) is 2.96. The first-order chi connectivity index (χ1) is 19.7. The van der Waals surface area contributed by atoms with Crippen LogP contribution in [0, 0.1) is 0 Å². The van der Waals surface area contributed by atoms with Crippen molar-refractivity contribution in [3.05, 3.63) is 0 Å². The second-order valence-corrected chi connectivity index (χ2v) is 12.7. The van der Waals surface area contributed by atoms with Crippen LogP contribution in [0.2, 0.25) is 0 Å². The molecule has 0 aromatic rings. The minimum atomic E-state index is 0.355. The third kappa shape index (κ3) is 26.2. The number of carbonyl (C=O) groups is 1. The molecule has 0 aliphatic heterocycles. The number of urea groups is 1. The second kappa shape index (κ2) is 32.8. The Labute approximate surface area is 254 Å². The molecule has 0 aliphatic carbocycles. The van der Waals surface area contributed by atoms with Crippen molar-refractivity contribution in [3.63, 3.8) is 0 Å². The number of hydrogen-bond acceptors (Lipinski definition) is 1. The van der Waals surface area contributed by atoms with E-state index in [9.17, 15) is 4.79 Å². The van der Waals surface area contributed by atoms with Gasteiger partial charge in [-0.2, -0.15) is 0 Å². The third-order valence-corrected chi connectivity index (χ3v) is 8.67. The van der Waals surface area contributed by atoms with Crippen LogP contribution in [-0.2, 0) is 0 Å². The molecule has 0 N–H and O–H groups in total. The highest BCUT2D eigenvalue weighted by Crippen LogP contribution is 2.15. The molecule has 0 aromatic carbocycles. The maximum absolute atomic E-state index is 13.9. The zero-order valence-electron chi connectivity index (χ0n) is 28.4. The molecular weight excluding hydrogens is 488 g/mol. The minimum Gasteiger partial charge on any atom is -0.325 e. The second-order valence-electron chi connectivity index (χ2n) is 12.7. The summed E-state index contributed by atoms with van der Waals surface area (Å²) in [4.78, 5) is 18.4. The van der Waals surface area contributed by atoms with Gasteiger partial charge in [0, 0.05) is 26.2 Å². The molecule has 0 heterocycles. The molecule has 40 heavy (non-hydrogen) atoms. The highest BCUT2D eigenvalue weighted by Gasteiger charge is 2.20. The molecule has 2 amide bonds. The van der Waals surface area contributed by atoms with Crippen LogP contribution < -0.4 is 0 Å². The summed E-state index contributed by atoms with van der Waals surface area (Å²) in [6.07, 6.45) is 36.8. The van der Waals surface area contributed by atoms with Crippen molar-refractivity contribution in [3.8, 4) is 0 Å². The number of unbranched alkanes of at least 4 members (excludes halogenated alkanes) is 24. The van der Waals surface area contributed by atoms with Crippen LogP contribution >= 0.6 is 0 Å². The van der Waals surface area contributed by atoms with E-state index in [1.807, 2.05) is 0 Å². The predicted molar refractivity (Wildman–Crippen MR) is 181 cm³/mol. The monoisotopic (exact) mass is 565 g/mol. The van der Waals surface area contributed by atoms with Gasteiger partial charge in [-0.25, -0.2) is 4.79 Å². The fraction of sp³-hybridized carbons (Fsp3) is 0.973. The van der Waals surface area contributed by atoms with E-state index < -0.39 is 0 Å². The molecule has 0 fully saturated rings. The van der Waals surface area contributed by atoms with Crippen molar-refractivity contribution in [2.24, 2.45) is 0 Å². The van der Waals surface area contributed by atoms with Crippen molar-refractivity contribution >= 4 is 6.03 Å². The normalized spacial score (nSPS) is 11.3. The van der Waals surface area contributed by atoms with Crippen LogP contribution in [0.1, 0.15) is 207 Å². The highest BCUT2D eigenvalue weighted by molar-refractivity contribution is 5.74. The first kappa shape index (κ1) is 39.3. The summed E-state index contributed by atoms with van der Waals surface area (Å²) in [5, 5.41) is 0. The van der Waals surface area contributed by atoms with E-state index in [1.165, 1.54) is 180 Å². The zero-order chi connectivity index (χ0) is 29.4. The van der Waals surface area contributed by atoms with Crippen LogP contribution in [0.3, 0.4) is 0 Å². The molecule has 0 rings (SSSR count). The van der Waals surface area contributed by atoms with Gasteiger partial charge in [0.1, 0.15) is 0 Å². The first-order valence-electron chi connectivity index (χ1n) is 18.7. The largest absolute Gasteiger partial charge is 0.325 e. The summed E-state index contributed by atoms with van der Waals surface area (Å²) in [7, 11) is 0. The van der Waals surface area contributed by atoms with Crippen LogP contribution in [-0.4, -0.2) is 42.0 Å². The van der Waals surface area contributed by atoms with Crippen LogP contribution in [0.25, 0.3) is 0 Å². The Morgan fingerprint density at radius 1 is 0.300 bits per heavy atom. The minimum absolute atomic E-state index is 0.355. The summed E-state index contributed by atoms with van der Waals surface area (Å²) >= 11 is 0. The fourth-order valence-corrected chi connectivity index (χ4v) is 5.85. The van der Waals surface area contributed by atoms with E-state index in [0.717, 1.165) is 26.2 Å². The molecule has 3 nitrogen and oxygen atoms in total. The van der Waals surface area contributed by atoms with Crippen molar-refractivity contribution in [1.29, 1.82) is 0 Å². The van der Waals surface area contributed by atoms with E-state index in [-0.39, 0.29) is 0 Å². The Kier molecular flexibility index (Phi) is 32.2. The molecule has 0 unspecified atom stereocenters. The molecule has 0 aliphatic rings. The van der Waals surface area contributed by atoms with Crippen molar-refractivity contribution in [2.45, 2.75) is 207 Å². The van der Waals surface area contributed by atoms with Gasteiger partial charge < -0.3 is 9.80 Å². The Balaban J connectivity index is 4.86. The lowest BCUT2D eigenvalue weighted by molar-refractivity contribution is 0.148. The Bertz CT molecular complexity index is 417. The third-order valence-electron chi connectivity index (χ3n) is 8.67. The molecule has 0 spiro atoms. The topological polar surface area (TPSA) is 23.6 Å². The summed E-state index contributed by atoms with van der Waals surface area (Å²) in [6.45, 7) is 13.0. The Morgan fingerprint density at radius 3 is 0.675 bits per heavy atom. The molecule has 0 saturated heterocycles. The van der Waals surface area contributed by atoms with Gasteiger partial charge >= 0.3 is 6.03 Å². The van der Waals surface area contributed by atoms with Gasteiger partial charge in [0.05, 0.1) is 0 Å². The fourth-order valence-electron chi connectivity index (χ4n) is 5.85. The van der Waals surface area contributed by atoms with E-state index in [1.54, 1.807) is 0 Å². The standard InChI is InChI=1S/C37H76N2O/c1-5-9-13-17-21-25-29-33-38(34-30-26-22-18-14-10-6-2)37(40)39(35-31-27-23-19-15-11-7-3)36-32-28-24-20-16-12-8-4/h5-36H2,1-4H3. The van der Waals surface area contributed by atoms with Crippen molar-refractivity contribution in [1.82, 2.24) is 9.80 Å². The molecular formula is C37H76N2O. The summed E-state index contributed by atoms with van der Waals surface area (Å²) < 4.78 is 0. The van der Waals surface area contributed by atoms with Gasteiger partial charge in [-0.15, -0.1) is 0 Å². The van der Waals surface area contributed by atoms with E-state index in [4.69, 9.17) is 0 Å². The van der Waals surface area contributed by atoms with Gasteiger partial charge in [0.2, 0.25) is 0 Å². The average molecular weight is 565 g/mol. The van der Waals surface area contributed by atoms with Gasteiger partial charge in [-0.05, 0) is 25.7 Å². The van der Waals surface area contributed by atoms with Crippen LogP contribution in [0.4, 0.5) is 4.79 Å². The lowest BCUT2D eigenvalue weighted by Crippen LogP contribution is -2.45. The molecule has 0 bridgehead atoms. The SMILES string of the molecule is CCCCCCCCCN(CCCCCCCCC)C(=O)N(CCCCCCCCC)CCCCCCCCC. The van der Waals surface area contributed by atoms with E-state index in [2.05, 4.69) is 37.5 Å². The number of hydrogen-bond donors (Lipinski definition) is 0. The highest BCUT2D eigenvalue weighted by atomic mass is 16.2. The Morgan fingerprint density at radius 2 is 0.475 bits per heavy atom. The van der Waals surface area contributed by atoms with E-state index >= 15 is 0 Å². The van der Waals surface area contributed by atoms with E-state index in [0.29, 0.717) is 6.03 Å². The van der Waals surface area contributed by atoms with Crippen molar-refractivity contribution < 1.29 is 4.79 Å². The quantitative estimate of drug-likeness (QED) is 0.0745. The maximum atomic E-state index is 13.9. The van der Waals surface area contributed by atoms with Gasteiger partial charge in [0.25, 0.3) is 0 Å². The van der Waals surface area contributed by atoms with Crippen LogP contribution in [0.5, 0.6) is 0 Å². The molecule has 3 heteroatoms. The Hall–Kier alpha value is -0.730. The molecule has 240 valence electrons. The number of carbonyl (C=O) groups excluding carboxylic acids is 1. The predicted octanol–water partition coefficient (Wildman–Crippen LogP) is 12.7. The smallest absolute Gasteiger partial charge is 0.319 e. The van der Waals surface area contributed by atoms with Gasteiger partial charge in [-0.3, -0.25) is 0 Å². The van der Waals surface area contributed by atoms with Gasteiger partial charge in [-0.1, -0.05) is 182 Å². The van der Waals surface area contributed by atoms with Crippen LogP contribution in [0.15, 0.2) is 0 Å². The molecule has 0 radical (unpaired) electrons. The lowest BCUT2D eigenvalue weighted by atomic mass is 10.1. The zero-order valence-corrected chi connectivity index (χ0v) is 28.4. The lowest BCUT2D eigenvalue weighted by Gasteiger charge is -2.31. The first-order valence-corrected chi connectivity index (χ1v) is 18.7. The maximum Gasteiger partial charge on any atom is 0.319 e. The molecule has 0 saturated carbocycles. The molecule has 0 aromatic heterocycles. The summed E-state index contributed by atoms with van der Waals surface area (Å²) in [5.74, 6) is 0. The number of nitrogens with zero attached hydrogens (tertiary/aromatic N) is 2.